The number of rotatable bonds is 11. The van der Waals surface area contributed by atoms with Gasteiger partial charge < -0.3 is 24.4 Å². The van der Waals surface area contributed by atoms with Gasteiger partial charge in [-0.25, -0.2) is 0 Å². The van der Waals surface area contributed by atoms with Crippen molar-refractivity contribution in [2.24, 2.45) is 11.8 Å². The maximum Gasteiger partial charge on any atom is 0.312 e. The number of carbonyl (C=O) groups excluding carboxylic acids is 3. The lowest BCUT2D eigenvalue weighted by Crippen LogP contribution is -2.59. The number of nitrogens with zero attached hydrogens (tertiary/aromatic N) is 2. The van der Waals surface area contributed by atoms with E-state index in [1.54, 1.807) is 22.8 Å². The third kappa shape index (κ3) is 4.65. The molecule has 3 saturated heterocycles. The van der Waals surface area contributed by atoms with Crippen molar-refractivity contribution >= 4 is 23.5 Å². The molecule has 0 aromatic heterocycles. The van der Waals surface area contributed by atoms with Crippen LogP contribution in [0.4, 0.5) is 5.69 Å². The smallest absolute Gasteiger partial charge is 0.312 e. The Morgan fingerprint density at radius 2 is 1.93 bits per heavy atom. The Bertz CT molecular complexity index is 1360. The minimum Gasteiger partial charge on any atom is -0.466 e. The standard InChI is InChI=1S/C34H42N2O6/c1-6-18-35(26-19-22(4)14-15-23(26)5)31(39)29-34-17-16-33(7-2,42-34)28(32(40)41-8-3)27(34)30(38)36(29)25(21-37)20-24-12-10-9-11-13-24/h6,9-15,19,25,27-29,37H,1,7-8,16-18,20-21H2,2-5H3/t25-,27+,28-,29?,33+,34?/m1/s1. The first-order chi connectivity index (χ1) is 20.2. The maximum atomic E-state index is 15.0. The molecule has 224 valence electrons. The predicted octanol–water partition coefficient (Wildman–Crippen LogP) is 4.14. The molecule has 3 heterocycles. The third-order valence-corrected chi connectivity index (χ3v) is 9.54. The van der Waals surface area contributed by atoms with E-state index in [4.69, 9.17) is 9.47 Å². The Hall–Kier alpha value is -3.49. The monoisotopic (exact) mass is 574 g/mol. The van der Waals surface area contributed by atoms with E-state index in [-0.39, 0.29) is 31.6 Å². The van der Waals surface area contributed by atoms with Crippen molar-refractivity contribution in [2.75, 3.05) is 24.7 Å². The molecule has 3 aliphatic rings. The number of benzene rings is 2. The first kappa shape index (κ1) is 30.0. The highest BCUT2D eigenvalue weighted by Crippen LogP contribution is 2.65. The molecule has 3 aliphatic heterocycles. The summed E-state index contributed by atoms with van der Waals surface area (Å²) in [7, 11) is 0. The summed E-state index contributed by atoms with van der Waals surface area (Å²) >= 11 is 0. The van der Waals surface area contributed by atoms with Gasteiger partial charge in [-0.15, -0.1) is 6.58 Å². The zero-order chi connectivity index (χ0) is 30.2. The van der Waals surface area contributed by atoms with Gasteiger partial charge in [0.25, 0.3) is 5.91 Å². The van der Waals surface area contributed by atoms with E-state index in [0.717, 1.165) is 22.4 Å². The molecule has 0 saturated carbocycles. The van der Waals surface area contributed by atoms with Crippen LogP contribution in [-0.4, -0.2) is 70.8 Å². The number of aliphatic hydroxyl groups excluding tert-OH is 1. The summed E-state index contributed by atoms with van der Waals surface area (Å²) in [6.07, 6.45) is 3.54. The van der Waals surface area contributed by atoms with E-state index in [0.29, 0.717) is 25.7 Å². The summed E-state index contributed by atoms with van der Waals surface area (Å²) in [5, 5.41) is 10.7. The minimum absolute atomic E-state index is 0.183. The number of carbonyl (C=O) groups is 3. The molecule has 2 aromatic rings. The molecule has 2 bridgehead atoms. The number of aryl methyl sites for hydroxylation is 2. The summed E-state index contributed by atoms with van der Waals surface area (Å²) in [5.74, 6) is -2.81. The van der Waals surface area contributed by atoms with Crippen LogP contribution in [0.15, 0.2) is 61.2 Å². The Kier molecular flexibility index (Phi) is 8.32. The summed E-state index contributed by atoms with van der Waals surface area (Å²) in [6, 6.07) is 13.8. The number of likely N-dealkylation sites (tertiary alicyclic amines) is 1. The molecular weight excluding hydrogens is 532 g/mol. The van der Waals surface area contributed by atoms with Crippen molar-refractivity contribution in [3.63, 3.8) is 0 Å². The maximum absolute atomic E-state index is 15.0. The zero-order valence-corrected chi connectivity index (χ0v) is 25.0. The molecule has 1 spiro atoms. The van der Waals surface area contributed by atoms with Gasteiger partial charge in [-0.05, 0) is 69.2 Å². The number of fused-ring (bicyclic) bond motifs is 1. The largest absolute Gasteiger partial charge is 0.466 e. The number of hydrogen-bond donors (Lipinski definition) is 1. The second-order valence-corrected chi connectivity index (χ2v) is 11.9. The summed E-state index contributed by atoms with van der Waals surface area (Å²) in [4.78, 5) is 46.3. The van der Waals surface area contributed by atoms with Gasteiger partial charge in [-0.3, -0.25) is 14.4 Å². The molecule has 2 unspecified atom stereocenters. The van der Waals surface area contributed by atoms with E-state index >= 15 is 0 Å². The fourth-order valence-corrected chi connectivity index (χ4v) is 7.65. The average Bonchev–Trinajstić information content (AvgIpc) is 3.60. The van der Waals surface area contributed by atoms with E-state index < -0.39 is 41.1 Å². The molecule has 3 fully saturated rings. The second-order valence-electron chi connectivity index (χ2n) is 11.9. The number of esters is 1. The molecular formula is C34H42N2O6. The van der Waals surface area contributed by atoms with Gasteiger partial charge >= 0.3 is 5.97 Å². The normalized spacial score (nSPS) is 28.5. The molecule has 2 amide bonds. The molecule has 6 atom stereocenters. The van der Waals surface area contributed by atoms with Crippen LogP contribution in [0.1, 0.15) is 49.8 Å². The van der Waals surface area contributed by atoms with Crippen LogP contribution in [0.2, 0.25) is 0 Å². The van der Waals surface area contributed by atoms with Crippen molar-refractivity contribution in [2.45, 2.75) is 76.7 Å². The van der Waals surface area contributed by atoms with E-state index in [2.05, 4.69) is 6.58 Å². The van der Waals surface area contributed by atoms with E-state index in [1.165, 1.54) is 0 Å². The van der Waals surface area contributed by atoms with Crippen molar-refractivity contribution in [3.05, 3.63) is 77.9 Å². The van der Waals surface area contributed by atoms with Crippen molar-refractivity contribution in [3.8, 4) is 0 Å². The van der Waals surface area contributed by atoms with Crippen LogP contribution in [0.5, 0.6) is 0 Å². The summed E-state index contributed by atoms with van der Waals surface area (Å²) in [5.41, 5.74) is 1.47. The van der Waals surface area contributed by atoms with Crippen LogP contribution in [-0.2, 0) is 30.3 Å². The van der Waals surface area contributed by atoms with Gasteiger partial charge in [-0.1, -0.05) is 55.5 Å². The summed E-state index contributed by atoms with van der Waals surface area (Å²) in [6.45, 7) is 11.6. The van der Waals surface area contributed by atoms with E-state index in [1.807, 2.05) is 69.3 Å². The number of ether oxygens (including phenoxy) is 2. The van der Waals surface area contributed by atoms with Crippen molar-refractivity contribution < 1.29 is 29.0 Å². The Labute approximate surface area is 248 Å². The average molecular weight is 575 g/mol. The van der Waals surface area contributed by atoms with Crippen LogP contribution >= 0.6 is 0 Å². The molecule has 8 nitrogen and oxygen atoms in total. The first-order valence-corrected chi connectivity index (χ1v) is 15.0. The molecule has 1 N–H and O–H groups in total. The number of amides is 2. The highest BCUT2D eigenvalue weighted by Gasteiger charge is 2.79. The molecule has 2 aromatic carbocycles. The molecule has 8 heteroatoms. The SMILES string of the molecule is C=CCN(C(=O)C1N([C@@H](CO)Cc2ccccc2)C(=O)[C@@H]2[C@H](C(=O)OCC)[C@]3(CC)CCC12O3)c1cc(C)ccc1C. The minimum atomic E-state index is -1.22. The topological polar surface area (TPSA) is 96.4 Å². The van der Waals surface area contributed by atoms with Crippen LogP contribution < -0.4 is 4.90 Å². The molecule has 0 aliphatic carbocycles. The van der Waals surface area contributed by atoms with Gasteiger partial charge in [0, 0.05) is 12.2 Å². The zero-order valence-electron chi connectivity index (χ0n) is 25.0. The number of hydrogen-bond acceptors (Lipinski definition) is 6. The van der Waals surface area contributed by atoms with Crippen LogP contribution in [0.25, 0.3) is 0 Å². The van der Waals surface area contributed by atoms with Crippen LogP contribution in [0.3, 0.4) is 0 Å². The highest BCUT2D eigenvalue weighted by molar-refractivity contribution is 6.05. The van der Waals surface area contributed by atoms with Crippen molar-refractivity contribution in [1.29, 1.82) is 0 Å². The fourth-order valence-electron chi connectivity index (χ4n) is 7.65. The van der Waals surface area contributed by atoms with E-state index in [9.17, 15) is 19.5 Å². The Balaban J connectivity index is 1.66. The van der Waals surface area contributed by atoms with Crippen molar-refractivity contribution in [1.82, 2.24) is 4.90 Å². The number of anilines is 1. The fraction of sp³-hybridized carbons (Fsp3) is 0.500. The quantitative estimate of drug-likeness (QED) is 0.320. The lowest BCUT2D eigenvalue weighted by atomic mass is 9.65. The number of aliphatic hydroxyl groups is 1. The van der Waals surface area contributed by atoms with Gasteiger partial charge in [-0.2, -0.15) is 0 Å². The highest BCUT2D eigenvalue weighted by atomic mass is 16.6. The second kappa shape index (κ2) is 11.7. The third-order valence-electron chi connectivity index (χ3n) is 9.54. The van der Waals surface area contributed by atoms with Gasteiger partial charge in [0.1, 0.15) is 17.6 Å². The Morgan fingerprint density at radius 1 is 1.19 bits per heavy atom. The van der Waals surface area contributed by atoms with Gasteiger partial charge in [0.05, 0.1) is 30.8 Å². The predicted molar refractivity (Wildman–Crippen MR) is 160 cm³/mol. The first-order valence-electron chi connectivity index (χ1n) is 15.0. The molecule has 5 rings (SSSR count). The Morgan fingerprint density at radius 3 is 2.57 bits per heavy atom. The lowest BCUT2D eigenvalue weighted by Gasteiger charge is -2.40. The lowest BCUT2D eigenvalue weighted by molar-refractivity contribution is -0.161. The van der Waals surface area contributed by atoms with Crippen LogP contribution in [0, 0.1) is 25.7 Å². The molecule has 42 heavy (non-hydrogen) atoms. The summed E-state index contributed by atoms with van der Waals surface area (Å²) < 4.78 is 12.4. The molecule has 0 radical (unpaired) electrons. The van der Waals surface area contributed by atoms with Gasteiger partial charge in [0.2, 0.25) is 5.91 Å². The van der Waals surface area contributed by atoms with Gasteiger partial charge in [0.15, 0.2) is 0 Å².